The van der Waals surface area contributed by atoms with Gasteiger partial charge in [0.2, 0.25) is 23.0 Å². The number of hydrogen-bond acceptors (Lipinski definition) is 22. The molecule has 56 heavy (non-hydrogen) atoms. The molecule has 0 saturated carbocycles. The highest BCUT2D eigenvalue weighted by atomic mass is 16.7. The van der Waals surface area contributed by atoms with Crippen LogP contribution in [0.15, 0.2) is 30.6 Å². The minimum atomic E-state index is -2.26. The van der Waals surface area contributed by atoms with Gasteiger partial charge in [-0.25, -0.2) is 19.2 Å². The quantitative estimate of drug-likeness (QED) is 0.0418. The van der Waals surface area contributed by atoms with Crippen molar-refractivity contribution in [2.75, 3.05) is 6.61 Å². The highest BCUT2D eigenvalue weighted by Crippen LogP contribution is 2.57. The van der Waals surface area contributed by atoms with Crippen molar-refractivity contribution >= 4 is 44.6 Å². The standard InChI is InChI=1S/C34H22O22/c35-7-2-5-10(19(39)18(7)38)11-15-13-12-14(32(49)55-29(13)24(44)21(11)41)9(20(40)23(43)28(12)56-33(15)50)4-1-6(17(37)22(42)16(4)36)31(48)54-27-8(3-52-30(5)47)53-34(51)26(46)25(27)45/h1-2,8,25-27,34-46,51H,3H2/t8-,25-,26-,27-,34+/m1/s1. The van der Waals surface area contributed by atoms with E-state index in [-0.39, 0.29) is 0 Å². The molecule has 13 N–H and O–H groups in total. The monoisotopic (exact) mass is 782 g/mol. The molecule has 0 spiro atoms. The summed E-state index contributed by atoms with van der Waals surface area (Å²) in [6.07, 6.45) is -10.8. The number of benzene rings is 4. The molecule has 6 aromatic rings. The summed E-state index contributed by atoms with van der Waals surface area (Å²) in [5.74, 6) is -17.3. The molecule has 0 aliphatic carbocycles. The lowest BCUT2D eigenvalue weighted by atomic mass is 9.88. The van der Waals surface area contributed by atoms with E-state index >= 15 is 0 Å². The van der Waals surface area contributed by atoms with Gasteiger partial charge in [0.15, 0.2) is 58.1 Å². The van der Waals surface area contributed by atoms with Crippen molar-refractivity contribution in [3.05, 3.63) is 44.1 Å². The molecule has 2 aliphatic heterocycles. The van der Waals surface area contributed by atoms with E-state index in [1.165, 1.54) is 0 Å². The van der Waals surface area contributed by atoms with Crippen molar-refractivity contribution in [2.24, 2.45) is 0 Å². The maximum absolute atomic E-state index is 13.8. The normalized spacial score (nSPS) is 21.3. The predicted octanol–water partition coefficient (Wildman–Crippen LogP) is 0.0152. The Morgan fingerprint density at radius 1 is 0.500 bits per heavy atom. The van der Waals surface area contributed by atoms with Crippen molar-refractivity contribution in [3.63, 3.8) is 0 Å². The molecule has 8 rings (SSSR count). The molecule has 4 heterocycles. The molecule has 4 aromatic carbocycles. The molecule has 0 radical (unpaired) electrons. The van der Waals surface area contributed by atoms with E-state index in [2.05, 4.69) is 0 Å². The molecular weight excluding hydrogens is 760 g/mol. The number of phenolic OH excluding ortho intramolecular Hbond substituents is 10. The van der Waals surface area contributed by atoms with Gasteiger partial charge in [-0.15, -0.1) is 0 Å². The Labute approximate surface area is 304 Å². The number of ether oxygens (including phenoxy) is 3. The summed E-state index contributed by atoms with van der Waals surface area (Å²) in [7, 11) is 0. The zero-order valence-electron chi connectivity index (χ0n) is 27.2. The number of aliphatic hydroxyl groups excluding tert-OH is 3. The van der Waals surface area contributed by atoms with E-state index in [4.69, 9.17) is 23.0 Å². The van der Waals surface area contributed by atoms with Gasteiger partial charge in [-0.2, -0.15) is 0 Å². The van der Waals surface area contributed by atoms with Gasteiger partial charge in [-0.3, -0.25) is 0 Å². The molecule has 1 saturated heterocycles. The number of cyclic esters (lactones) is 1. The third-order valence-electron chi connectivity index (χ3n) is 9.60. The van der Waals surface area contributed by atoms with Gasteiger partial charge in [0.25, 0.3) is 0 Å². The second-order valence-electron chi connectivity index (χ2n) is 12.6. The first-order chi connectivity index (χ1) is 26.4. The summed E-state index contributed by atoms with van der Waals surface area (Å²) < 4.78 is 26.2. The maximum atomic E-state index is 13.8. The fraction of sp³-hybridized carbons (Fsp3) is 0.176. The largest absolute Gasteiger partial charge is 0.504 e. The van der Waals surface area contributed by atoms with Crippen LogP contribution < -0.4 is 11.3 Å². The van der Waals surface area contributed by atoms with E-state index in [9.17, 15) is 85.6 Å². The molecular formula is C34H22O22. The maximum Gasteiger partial charge on any atom is 0.345 e. The molecule has 22 heteroatoms. The fourth-order valence-electron chi connectivity index (χ4n) is 6.96. The van der Waals surface area contributed by atoms with E-state index in [1.54, 1.807) is 0 Å². The van der Waals surface area contributed by atoms with Crippen LogP contribution in [0.3, 0.4) is 0 Å². The van der Waals surface area contributed by atoms with E-state index in [0.29, 0.717) is 12.1 Å². The molecule has 1 fully saturated rings. The van der Waals surface area contributed by atoms with Crippen LogP contribution in [0, 0.1) is 0 Å². The lowest BCUT2D eigenvalue weighted by Crippen LogP contribution is -2.60. The summed E-state index contributed by atoms with van der Waals surface area (Å²) in [5.41, 5.74) is -11.5. The number of esters is 2. The Kier molecular flexibility index (Phi) is 7.50. The second kappa shape index (κ2) is 11.8. The van der Waals surface area contributed by atoms with E-state index in [1.807, 2.05) is 0 Å². The molecule has 5 atom stereocenters. The Balaban J connectivity index is 1.59. The van der Waals surface area contributed by atoms with Crippen LogP contribution in [-0.2, 0) is 14.2 Å². The van der Waals surface area contributed by atoms with Gasteiger partial charge in [0, 0.05) is 33.0 Å². The van der Waals surface area contributed by atoms with Crippen molar-refractivity contribution in [1.82, 2.24) is 0 Å². The van der Waals surface area contributed by atoms with E-state index in [0.717, 1.165) is 0 Å². The van der Waals surface area contributed by atoms with Crippen molar-refractivity contribution in [2.45, 2.75) is 30.7 Å². The third-order valence-corrected chi connectivity index (χ3v) is 9.60. The lowest BCUT2D eigenvalue weighted by molar-refractivity contribution is -0.285. The molecule has 2 aromatic heterocycles. The average molecular weight is 783 g/mol. The Morgan fingerprint density at radius 2 is 1.04 bits per heavy atom. The number of carbonyl (C=O) groups excluding carboxylic acids is 2. The van der Waals surface area contributed by atoms with E-state index < -0.39 is 184 Å². The number of carbonyl (C=O) groups is 2. The number of aliphatic hydroxyl groups is 3. The van der Waals surface area contributed by atoms with Crippen LogP contribution in [0.1, 0.15) is 20.7 Å². The minimum absolute atomic E-state index is 0.459. The van der Waals surface area contributed by atoms with Crippen LogP contribution in [0.4, 0.5) is 0 Å². The molecule has 2 aliphatic rings. The summed E-state index contributed by atoms with van der Waals surface area (Å²) >= 11 is 0. The molecule has 0 unspecified atom stereocenters. The van der Waals surface area contributed by atoms with Gasteiger partial charge in [-0.1, -0.05) is 0 Å². The van der Waals surface area contributed by atoms with Gasteiger partial charge in [0.05, 0.1) is 16.3 Å². The van der Waals surface area contributed by atoms with Crippen molar-refractivity contribution in [1.29, 1.82) is 0 Å². The topological polar surface area (TPSA) is 385 Å². The van der Waals surface area contributed by atoms with Crippen LogP contribution >= 0.6 is 0 Å². The zero-order valence-corrected chi connectivity index (χ0v) is 27.2. The number of aromatic hydroxyl groups is 10. The zero-order chi connectivity index (χ0) is 40.6. The highest BCUT2D eigenvalue weighted by Gasteiger charge is 2.48. The van der Waals surface area contributed by atoms with Gasteiger partial charge in [0.1, 0.15) is 30.5 Å². The molecule has 8 bridgehead atoms. The predicted molar refractivity (Wildman–Crippen MR) is 177 cm³/mol. The Morgan fingerprint density at radius 3 is 1.64 bits per heavy atom. The van der Waals surface area contributed by atoms with Crippen LogP contribution in [-0.4, -0.2) is 116 Å². The van der Waals surface area contributed by atoms with Gasteiger partial charge >= 0.3 is 23.2 Å². The first kappa shape index (κ1) is 35.6. The first-order valence-corrected chi connectivity index (χ1v) is 15.7. The molecule has 0 amide bonds. The molecule has 22 nitrogen and oxygen atoms in total. The average Bonchev–Trinajstić information content (AvgIpc) is 3.15. The smallest absolute Gasteiger partial charge is 0.345 e. The number of phenols is 10. The summed E-state index contributed by atoms with van der Waals surface area (Å²) in [5, 5.41) is 138. The Bertz CT molecular complexity index is 2870. The van der Waals surface area contributed by atoms with Gasteiger partial charge < -0.3 is 89.4 Å². The second-order valence-corrected chi connectivity index (χ2v) is 12.6. The number of hydrogen-bond donors (Lipinski definition) is 13. The number of fused-ring (bicyclic) bond motifs is 6. The summed E-state index contributed by atoms with van der Waals surface area (Å²) in [6.45, 7) is -1.14. The minimum Gasteiger partial charge on any atom is -0.504 e. The third kappa shape index (κ3) is 4.57. The van der Waals surface area contributed by atoms with Crippen LogP contribution in [0.25, 0.3) is 55.0 Å². The highest BCUT2D eigenvalue weighted by molar-refractivity contribution is 6.29. The van der Waals surface area contributed by atoms with Crippen molar-refractivity contribution in [3.8, 4) is 79.7 Å². The number of rotatable bonds is 0. The fourth-order valence-corrected chi connectivity index (χ4v) is 6.96. The summed E-state index contributed by atoms with van der Waals surface area (Å²) in [4.78, 5) is 55.0. The summed E-state index contributed by atoms with van der Waals surface area (Å²) in [6, 6.07) is 0.964. The SMILES string of the molecule is O=C1O[C@H]2[C@H](O)[C@@H](O)[C@@H](O)O[C@@H]2COC(=O)c2cc(O)c(O)c(O)c2-c2c(O)c(O)c3oc(=O)c4c(c(O)c(O)c5oc(=O)c2c3c54)-c2cc1c(O)c(O)c2O. The Hall–Kier alpha value is -7.40. The lowest BCUT2D eigenvalue weighted by Gasteiger charge is -2.39. The van der Waals surface area contributed by atoms with Crippen LogP contribution in [0.5, 0.6) is 57.5 Å². The molecule has 290 valence electrons. The first-order valence-electron chi connectivity index (χ1n) is 15.7. The van der Waals surface area contributed by atoms with Gasteiger partial charge in [-0.05, 0) is 12.1 Å². The van der Waals surface area contributed by atoms with Crippen LogP contribution in [0.2, 0.25) is 0 Å². The van der Waals surface area contributed by atoms with Crippen molar-refractivity contribution < 1.29 is 99.0 Å².